The number of hydrogen-bond acceptors (Lipinski definition) is 4. The third kappa shape index (κ3) is 5.91. The lowest BCUT2D eigenvalue weighted by atomic mass is 10.1. The number of aryl methyl sites for hydroxylation is 1. The van der Waals surface area contributed by atoms with Crippen molar-refractivity contribution in [3.05, 3.63) is 42.5 Å². The van der Waals surface area contributed by atoms with Gasteiger partial charge in [0.05, 0.1) is 20.5 Å². The molecule has 6 nitrogen and oxygen atoms in total. The summed E-state index contributed by atoms with van der Waals surface area (Å²) in [4.78, 5) is 6.26. The Kier molecular flexibility index (Phi) is 7.72. The van der Waals surface area contributed by atoms with E-state index in [0.29, 0.717) is 6.54 Å². The van der Waals surface area contributed by atoms with Crippen molar-refractivity contribution >= 4 is 17.3 Å². The molecular formula is C19H28N4O2S. The van der Waals surface area contributed by atoms with Gasteiger partial charge in [0.1, 0.15) is 11.5 Å². The predicted molar refractivity (Wildman–Crippen MR) is 108 cm³/mol. The van der Waals surface area contributed by atoms with Crippen LogP contribution in [0.5, 0.6) is 11.5 Å². The van der Waals surface area contributed by atoms with Gasteiger partial charge in [0.2, 0.25) is 0 Å². The molecule has 0 fully saturated rings. The van der Waals surface area contributed by atoms with Crippen LogP contribution in [0.4, 0.5) is 0 Å². The average molecular weight is 377 g/mol. The van der Waals surface area contributed by atoms with Crippen LogP contribution in [-0.2, 0) is 13.1 Å². The summed E-state index contributed by atoms with van der Waals surface area (Å²) in [5.41, 5.74) is 1.07. The summed E-state index contributed by atoms with van der Waals surface area (Å²) in [5, 5.41) is 4.09. The Labute approximate surface area is 161 Å². The van der Waals surface area contributed by atoms with Crippen molar-refractivity contribution < 1.29 is 9.47 Å². The molecule has 2 rings (SSSR count). The molecule has 0 aliphatic rings. The summed E-state index contributed by atoms with van der Waals surface area (Å²) < 4.78 is 12.9. The minimum Gasteiger partial charge on any atom is -0.497 e. The van der Waals surface area contributed by atoms with Gasteiger partial charge in [-0.1, -0.05) is 0 Å². The molecular weight excluding hydrogens is 348 g/mol. The lowest BCUT2D eigenvalue weighted by molar-refractivity contribution is 0.359. The van der Waals surface area contributed by atoms with Crippen LogP contribution < -0.4 is 14.8 Å². The highest BCUT2D eigenvalue weighted by Gasteiger charge is 2.14. The van der Waals surface area contributed by atoms with E-state index in [9.17, 15) is 0 Å². The van der Waals surface area contributed by atoms with Crippen molar-refractivity contribution in [2.45, 2.75) is 39.4 Å². The minimum absolute atomic E-state index is 0.288. The summed E-state index contributed by atoms with van der Waals surface area (Å²) in [6, 6.07) is 6.16. The number of nitrogens with one attached hydrogen (secondary N) is 1. The smallest absolute Gasteiger partial charge is 0.169 e. The molecule has 1 aromatic heterocycles. The van der Waals surface area contributed by atoms with Crippen LogP contribution in [0.15, 0.2) is 36.9 Å². The highest BCUT2D eigenvalue weighted by atomic mass is 32.1. The highest BCUT2D eigenvalue weighted by Crippen LogP contribution is 2.26. The van der Waals surface area contributed by atoms with Gasteiger partial charge >= 0.3 is 0 Å². The largest absolute Gasteiger partial charge is 0.497 e. The van der Waals surface area contributed by atoms with Crippen LogP contribution in [-0.4, -0.2) is 46.4 Å². The van der Waals surface area contributed by atoms with E-state index in [1.807, 2.05) is 30.7 Å². The highest BCUT2D eigenvalue weighted by molar-refractivity contribution is 7.80. The van der Waals surface area contributed by atoms with Gasteiger partial charge in [-0.05, 0) is 44.6 Å². The first kappa shape index (κ1) is 20.0. The lowest BCUT2D eigenvalue weighted by Gasteiger charge is -2.28. The van der Waals surface area contributed by atoms with Crippen LogP contribution >= 0.6 is 12.2 Å². The molecule has 0 unspecified atom stereocenters. The summed E-state index contributed by atoms with van der Waals surface area (Å²) in [7, 11) is 3.32. The van der Waals surface area contributed by atoms with Crippen LogP contribution in [0.1, 0.15) is 25.8 Å². The van der Waals surface area contributed by atoms with Crippen LogP contribution in [0.2, 0.25) is 0 Å². The first-order valence-electron chi connectivity index (χ1n) is 8.75. The maximum Gasteiger partial charge on any atom is 0.169 e. The number of methoxy groups -OCH3 is 2. The van der Waals surface area contributed by atoms with Crippen molar-refractivity contribution in [1.29, 1.82) is 0 Å². The fraction of sp³-hybridized carbons (Fsp3) is 0.474. The fourth-order valence-electron chi connectivity index (χ4n) is 2.64. The van der Waals surface area contributed by atoms with Crippen molar-refractivity contribution in [3.8, 4) is 11.5 Å². The zero-order chi connectivity index (χ0) is 18.9. The second-order valence-corrected chi connectivity index (χ2v) is 6.74. The van der Waals surface area contributed by atoms with Crippen LogP contribution in [0.25, 0.3) is 0 Å². The number of imidazole rings is 1. The fourth-order valence-corrected chi connectivity index (χ4v) is 3.03. The summed E-state index contributed by atoms with van der Waals surface area (Å²) >= 11 is 5.62. The number of nitrogens with zero attached hydrogens (tertiary/aromatic N) is 3. The first-order chi connectivity index (χ1) is 12.5. The van der Waals surface area contributed by atoms with Crippen LogP contribution in [0.3, 0.4) is 0 Å². The van der Waals surface area contributed by atoms with Gasteiger partial charge in [0.25, 0.3) is 0 Å². The van der Waals surface area contributed by atoms with Crippen molar-refractivity contribution in [3.63, 3.8) is 0 Å². The Morgan fingerprint density at radius 2 is 2.12 bits per heavy atom. The SMILES string of the molecule is COc1ccc(CN(CCCn2ccnc2)C(=S)NC(C)C)c(OC)c1. The second-order valence-electron chi connectivity index (χ2n) is 6.36. The van der Waals surface area contributed by atoms with Gasteiger partial charge in [0, 0.05) is 49.7 Å². The molecule has 0 radical (unpaired) electrons. The Balaban J connectivity index is 2.08. The van der Waals surface area contributed by atoms with Gasteiger partial charge in [0.15, 0.2) is 5.11 Å². The molecule has 0 bridgehead atoms. The number of aromatic nitrogens is 2. The molecule has 0 amide bonds. The van der Waals surface area contributed by atoms with Crippen molar-refractivity contribution in [1.82, 2.24) is 19.8 Å². The summed E-state index contributed by atoms with van der Waals surface area (Å²) in [5.74, 6) is 1.58. The molecule has 0 aliphatic carbocycles. The molecule has 1 N–H and O–H groups in total. The first-order valence-corrected chi connectivity index (χ1v) is 9.16. The van der Waals surface area contributed by atoms with Gasteiger partial charge in [-0.3, -0.25) is 0 Å². The molecule has 26 heavy (non-hydrogen) atoms. The van der Waals surface area contributed by atoms with E-state index in [2.05, 4.69) is 33.6 Å². The molecule has 1 aromatic carbocycles. The predicted octanol–water partition coefficient (Wildman–Crippen LogP) is 3.08. The second kappa shape index (κ2) is 10.0. The molecule has 0 saturated carbocycles. The van der Waals surface area contributed by atoms with E-state index in [-0.39, 0.29) is 6.04 Å². The van der Waals surface area contributed by atoms with E-state index in [4.69, 9.17) is 21.7 Å². The standard InChI is InChI=1S/C19H28N4O2S/c1-15(2)21-19(26)23(10-5-9-22-11-8-20-14-22)13-16-6-7-17(24-3)12-18(16)25-4/h6-8,11-12,14-15H,5,9-10,13H2,1-4H3,(H,21,26). The topological polar surface area (TPSA) is 51.5 Å². The monoisotopic (exact) mass is 376 g/mol. The number of benzene rings is 1. The molecule has 0 atom stereocenters. The van der Waals surface area contributed by atoms with Gasteiger partial charge in [-0.15, -0.1) is 0 Å². The molecule has 1 heterocycles. The zero-order valence-electron chi connectivity index (χ0n) is 15.9. The molecule has 2 aromatic rings. The Morgan fingerprint density at radius 1 is 1.31 bits per heavy atom. The number of hydrogen-bond donors (Lipinski definition) is 1. The third-order valence-electron chi connectivity index (χ3n) is 3.96. The maximum absolute atomic E-state index is 5.62. The van der Waals surface area contributed by atoms with E-state index in [1.165, 1.54) is 0 Å². The lowest BCUT2D eigenvalue weighted by Crippen LogP contribution is -2.43. The maximum atomic E-state index is 5.62. The van der Waals surface area contributed by atoms with E-state index in [0.717, 1.165) is 41.7 Å². The molecule has 0 aliphatic heterocycles. The number of thiocarbonyl (C=S) groups is 1. The van der Waals surface area contributed by atoms with Crippen molar-refractivity contribution in [2.24, 2.45) is 0 Å². The van der Waals surface area contributed by atoms with Gasteiger partial charge in [-0.2, -0.15) is 0 Å². The third-order valence-corrected chi connectivity index (χ3v) is 4.33. The number of ether oxygens (including phenoxy) is 2. The van der Waals surface area contributed by atoms with Gasteiger partial charge in [-0.25, -0.2) is 4.98 Å². The summed E-state index contributed by atoms with van der Waals surface area (Å²) in [6.45, 7) is 6.59. The van der Waals surface area contributed by atoms with Gasteiger partial charge < -0.3 is 24.3 Å². The molecule has 0 spiro atoms. The van der Waals surface area contributed by atoms with Crippen molar-refractivity contribution in [2.75, 3.05) is 20.8 Å². The van der Waals surface area contributed by atoms with E-state index >= 15 is 0 Å². The Hall–Kier alpha value is -2.28. The average Bonchev–Trinajstić information content (AvgIpc) is 3.13. The molecule has 142 valence electrons. The summed E-state index contributed by atoms with van der Waals surface area (Å²) in [6.07, 6.45) is 6.57. The number of rotatable bonds is 9. The Bertz CT molecular complexity index is 689. The van der Waals surface area contributed by atoms with E-state index in [1.54, 1.807) is 20.4 Å². The minimum atomic E-state index is 0.288. The Morgan fingerprint density at radius 3 is 2.73 bits per heavy atom. The quantitative estimate of drug-likeness (QED) is 0.679. The van der Waals surface area contributed by atoms with Crippen LogP contribution in [0, 0.1) is 0 Å². The zero-order valence-corrected chi connectivity index (χ0v) is 16.8. The van der Waals surface area contributed by atoms with E-state index < -0.39 is 0 Å². The normalized spacial score (nSPS) is 10.7. The molecule has 7 heteroatoms. The molecule has 0 saturated heterocycles.